The number of amides is 2. The minimum absolute atomic E-state index is 0.165. The summed E-state index contributed by atoms with van der Waals surface area (Å²) >= 11 is 4.30. The molecule has 3 aromatic rings. The van der Waals surface area contributed by atoms with Crippen LogP contribution < -0.4 is 10.6 Å². The molecule has 0 spiro atoms. The second kappa shape index (κ2) is 8.24. The van der Waals surface area contributed by atoms with Crippen molar-refractivity contribution in [3.05, 3.63) is 52.2 Å². The van der Waals surface area contributed by atoms with Gasteiger partial charge in [0.2, 0.25) is 5.13 Å². The van der Waals surface area contributed by atoms with Crippen molar-refractivity contribution in [1.29, 1.82) is 0 Å². The van der Waals surface area contributed by atoms with Crippen LogP contribution in [0.2, 0.25) is 0 Å². The summed E-state index contributed by atoms with van der Waals surface area (Å²) < 4.78 is 0.824. The first-order valence-corrected chi connectivity index (χ1v) is 10.1. The standard InChI is InChI=1S/C16H14N4O2S3/c1-2-23-16-20-19-15(25-16)18-13(21)10-5-7-11(8-6-10)17-14(22)12-4-3-9-24-12/h3-9H,2H2,1H3,(H,17,22)(H,18,19,21). The summed E-state index contributed by atoms with van der Waals surface area (Å²) in [6.45, 7) is 2.03. The van der Waals surface area contributed by atoms with Crippen molar-refractivity contribution in [1.82, 2.24) is 10.2 Å². The fourth-order valence-electron chi connectivity index (χ4n) is 1.92. The van der Waals surface area contributed by atoms with Gasteiger partial charge in [0.25, 0.3) is 11.8 Å². The predicted octanol–water partition coefficient (Wildman–Crippen LogP) is 4.22. The Hall–Kier alpha value is -2.23. The minimum Gasteiger partial charge on any atom is -0.321 e. The number of aromatic nitrogens is 2. The summed E-state index contributed by atoms with van der Waals surface area (Å²) in [5.74, 6) is 0.476. The lowest BCUT2D eigenvalue weighted by molar-refractivity contribution is 0.102. The Morgan fingerprint density at radius 2 is 1.88 bits per heavy atom. The van der Waals surface area contributed by atoms with Crippen LogP contribution in [0.5, 0.6) is 0 Å². The van der Waals surface area contributed by atoms with Gasteiger partial charge < -0.3 is 5.32 Å². The number of carbonyl (C=O) groups excluding carboxylic acids is 2. The maximum atomic E-state index is 12.2. The third-order valence-corrected chi connectivity index (χ3v) is 5.77. The van der Waals surface area contributed by atoms with Crippen molar-refractivity contribution in [3.63, 3.8) is 0 Å². The molecule has 2 N–H and O–H groups in total. The van der Waals surface area contributed by atoms with Crippen molar-refractivity contribution in [2.45, 2.75) is 11.3 Å². The van der Waals surface area contributed by atoms with Gasteiger partial charge in [0, 0.05) is 11.3 Å². The molecule has 3 rings (SSSR count). The molecule has 25 heavy (non-hydrogen) atoms. The molecule has 2 amide bonds. The largest absolute Gasteiger partial charge is 0.321 e. The number of thioether (sulfide) groups is 1. The van der Waals surface area contributed by atoms with Crippen LogP contribution in [0.3, 0.4) is 0 Å². The number of anilines is 2. The average Bonchev–Trinajstić information content (AvgIpc) is 3.28. The average molecular weight is 391 g/mol. The highest BCUT2D eigenvalue weighted by Crippen LogP contribution is 2.25. The van der Waals surface area contributed by atoms with E-state index >= 15 is 0 Å². The van der Waals surface area contributed by atoms with E-state index in [-0.39, 0.29) is 11.8 Å². The molecule has 9 heteroatoms. The van der Waals surface area contributed by atoms with Crippen LogP contribution in [0.15, 0.2) is 46.1 Å². The molecule has 6 nitrogen and oxygen atoms in total. The van der Waals surface area contributed by atoms with Gasteiger partial charge in [-0.15, -0.1) is 21.5 Å². The maximum Gasteiger partial charge on any atom is 0.265 e. The predicted molar refractivity (Wildman–Crippen MR) is 103 cm³/mol. The zero-order valence-corrected chi connectivity index (χ0v) is 15.6. The number of carbonyl (C=O) groups is 2. The molecule has 0 fully saturated rings. The molecular weight excluding hydrogens is 376 g/mol. The number of nitrogens with one attached hydrogen (secondary N) is 2. The van der Waals surface area contributed by atoms with Gasteiger partial charge in [-0.05, 0) is 41.5 Å². The Kier molecular flexibility index (Phi) is 5.79. The third kappa shape index (κ3) is 4.65. The number of rotatable bonds is 6. The van der Waals surface area contributed by atoms with Gasteiger partial charge in [0.15, 0.2) is 4.34 Å². The lowest BCUT2D eigenvalue weighted by Crippen LogP contribution is -2.13. The van der Waals surface area contributed by atoms with Gasteiger partial charge in [0.1, 0.15) is 0 Å². The van der Waals surface area contributed by atoms with Gasteiger partial charge >= 0.3 is 0 Å². The van der Waals surface area contributed by atoms with Gasteiger partial charge in [0.05, 0.1) is 4.88 Å². The lowest BCUT2D eigenvalue weighted by atomic mass is 10.2. The summed E-state index contributed by atoms with van der Waals surface area (Å²) in [7, 11) is 0. The molecule has 0 radical (unpaired) electrons. The van der Waals surface area contributed by atoms with Crippen molar-refractivity contribution in [2.75, 3.05) is 16.4 Å². The topological polar surface area (TPSA) is 84.0 Å². The molecule has 0 aliphatic rings. The molecule has 0 aliphatic carbocycles. The summed E-state index contributed by atoms with van der Waals surface area (Å²) in [5.41, 5.74) is 1.11. The van der Waals surface area contributed by atoms with Crippen molar-refractivity contribution < 1.29 is 9.59 Å². The molecule has 2 aromatic heterocycles. The van der Waals surface area contributed by atoms with E-state index in [9.17, 15) is 9.59 Å². The molecule has 0 atom stereocenters. The molecule has 0 saturated carbocycles. The van der Waals surface area contributed by atoms with Crippen LogP contribution in [0.25, 0.3) is 0 Å². The van der Waals surface area contributed by atoms with E-state index in [0.717, 1.165) is 10.1 Å². The number of benzene rings is 1. The molecule has 1 aromatic carbocycles. The number of hydrogen-bond donors (Lipinski definition) is 2. The molecular formula is C16H14N4O2S3. The van der Waals surface area contributed by atoms with E-state index in [0.29, 0.717) is 21.3 Å². The first-order valence-electron chi connectivity index (χ1n) is 7.38. The third-order valence-electron chi connectivity index (χ3n) is 3.04. The quantitative estimate of drug-likeness (QED) is 0.486. The first kappa shape index (κ1) is 17.6. The Morgan fingerprint density at radius 3 is 2.56 bits per heavy atom. The smallest absolute Gasteiger partial charge is 0.265 e. The lowest BCUT2D eigenvalue weighted by Gasteiger charge is -2.05. The summed E-state index contributed by atoms with van der Waals surface area (Å²) in [4.78, 5) is 24.9. The summed E-state index contributed by atoms with van der Waals surface area (Å²) in [6, 6.07) is 10.3. The van der Waals surface area contributed by atoms with Gasteiger partial charge in [-0.2, -0.15) is 0 Å². The monoisotopic (exact) mass is 390 g/mol. The fraction of sp³-hybridized carbons (Fsp3) is 0.125. The Balaban J connectivity index is 1.61. The van der Waals surface area contributed by atoms with E-state index in [4.69, 9.17) is 0 Å². The van der Waals surface area contributed by atoms with Crippen LogP contribution in [-0.2, 0) is 0 Å². The highest BCUT2D eigenvalue weighted by atomic mass is 32.2. The number of hydrogen-bond acceptors (Lipinski definition) is 7. The zero-order chi connectivity index (χ0) is 17.6. The summed E-state index contributed by atoms with van der Waals surface area (Å²) in [5, 5.41) is 15.8. The minimum atomic E-state index is -0.264. The molecule has 128 valence electrons. The van der Waals surface area contributed by atoms with E-state index in [1.807, 2.05) is 18.4 Å². The highest BCUT2D eigenvalue weighted by Gasteiger charge is 2.11. The number of thiophene rings is 1. The Morgan fingerprint density at radius 1 is 1.08 bits per heavy atom. The van der Waals surface area contributed by atoms with Crippen LogP contribution in [0.1, 0.15) is 27.0 Å². The van der Waals surface area contributed by atoms with Crippen LogP contribution in [0.4, 0.5) is 10.8 Å². The molecule has 0 aliphatic heterocycles. The molecule has 0 bridgehead atoms. The molecule has 2 heterocycles. The van der Waals surface area contributed by atoms with E-state index < -0.39 is 0 Å². The van der Waals surface area contributed by atoms with Gasteiger partial charge in [-0.3, -0.25) is 14.9 Å². The Labute approximate surface area is 156 Å². The zero-order valence-electron chi connectivity index (χ0n) is 13.2. The Bertz CT molecular complexity index is 860. The van der Waals surface area contributed by atoms with E-state index in [1.165, 1.54) is 22.7 Å². The molecule has 0 saturated heterocycles. The summed E-state index contributed by atoms with van der Waals surface area (Å²) in [6.07, 6.45) is 0. The SMILES string of the molecule is CCSc1nnc(NC(=O)c2ccc(NC(=O)c3cccs3)cc2)s1. The van der Waals surface area contributed by atoms with E-state index in [2.05, 4.69) is 20.8 Å². The van der Waals surface area contributed by atoms with Crippen LogP contribution >= 0.6 is 34.4 Å². The highest BCUT2D eigenvalue weighted by molar-refractivity contribution is 8.01. The second-order valence-corrected chi connectivity index (χ2v) is 8.21. The maximum absolute atomic E-state index is 12.2. The van der Waals surface area contributed by atoms with Gasteiger partial charge in [-0.25, -0.2) is 0 Å². The first-order chi connectivity index (χ1) is 12.2. The normalized spacial score (nSPS) is 10.4. The van der Waals surface area contributed by atoms with E-state index in [1.54, 1.807) is 42.1 Å². The van der Waals surface area contributed by atoms with Crippen molar-refractivity contribution in [3.8, 4) is 0 Å². The van der Waals surface area contributed by atoms with Crippen molar-refractivity contribution in [2.24, 2.45) is 0 Å². The van der Waals surface area contributed by atoms with Crippen LogP contribution in [-0.4, -0.2) is 27.8 Å². The number of nitrogens with zero attached hydrogens (tertiary/aromatic N) is 2. The van der Waals surface area contributed by atoms with Gasteiger partial charge in [-0.1, -0.05) is 36.1 Å². The van der Waals surface area contributed by atoms with Crippen LogP contribution in [0, 0.1) is 0 Å². The fourth-order valence-corrected chi connectivity index (χ4v) is 4.18. The van der Waals surface area contributed by atoms with Crippen molar-refractivity contribution >= 4 is 57.1 Å². The second-order valence-electron chi connectivity index (χ2n) is 4.77. The molecule has 0 unspecified atom stereocenters.